The van der Waals surface area contributed by atoms with Gasteiger partial charge in [-0.1, -0.05) is 36.9 Å². The molecule has 0 aliphatic carbocycles. The number of anilines is 1. The number of thiophene rings is 1. The van der Waals surface area contributed by atoms with Crippen molar-refractivity contribution in [1.82, 2.24) is 9.55 Å². The van der Waals surface area contributed by atoms with Gasteiger partial charge >= 0.3 is 0 Å². The number of fused-ring (bicyclic) bond motifs is 1. The van der Waals surface area contributed by atoms with Crippen LogP contribution >= 0.6 is 23.1 Å². The molecule has 3 aromatic rings. The number of rotatable bonds is 7. The summed E-state index contributed by atoms with van der Waals surface area (Å²) in [5, 5.41) is 4.03. The number of aryl methyl sites for hydroxylation is 2. The van der Waals surface area contributed by atoms with E-state index >= 15 is 0 Å². The van der Waals surface area contributed by atoms with Gasteiger partial charge in [-0.3, -0.25) is 14.2 Å². The van der Waals surface area contributed by atoms with Crippen molar-refractivity contribution in [2.75, 3.05) is 11.1 Å². The van der Waals surface area contributed by atoms with Gasteiger partial charge in [0.1, 0.15) is 4.83 Å². The van der Waals surface area contributed by atoms with Crippen LogP contribution in [0.4, 0.5) is 5.69 Å². The first-order chi connectivity index (χ1) is 13.0. The van der Waals surface area contributed by atoms with Crippen molar-refractivity contribution in [1.29, 1.82) is 0 Å². The highest BCUT2D eigenvalue weighted by molar-refractivity contribution is 7.99. The molecule has 1 aromatic carbocycles. The van der Waals surface area contributed by atoms with E-state index in [1.807, 2.05) is 37.3 Å². The van der Waals surface area contributed by atoms with Crippen molar-refractivity contribution in [2.45, 2.75) is 32.0 Å². The highest BCUT2D eigenvalue weighted by Crippen LogP contribution is 2.24. The molecule has 0 unspecified atom stereocenters. The highest BCUT2D eigenvalue weighted by Gasteiger charge is 2.14. The zero-order valence-electron chi connectivity index (χ0n) is 15.3. The van der Waals surface area contributed by atoms with Gasteiger partial charge in [-0.25, -0.2) is 4.98 Å². The summed E-state index contributed by atoms with van der Waals surface area (Å²) in [5.41, 5.74) is 1.89. The van der Waals surface area contributed by atoms with Crippen molar-refractivity contribution in [3.8, 4) is 0 Å². The normalized spacial score (nSPS) is 10.9. The molecule has 0 fully saturated rings. The second-order valence-corrected chi connectivity index (χ2v) is 8.24. The number of thioether (sulfide) groups is 1. The summed E-state index contributed by atoms with van der Waals surface area (Å²) in [7, 11) is 0. The van der Waals surface area contributed by atoms with Crippen LogP contribution in [0.5, 0.6) is 0 Å². The molecule has 0 aliphatic heterocycles. The molecule has 0 saturated carbocycles. The highest BCUT2D eigenvalue weighted by atomic mass is 32.2. The molecule has 5 nitrogen and oxygen atoms in total. The summed E-state index contributed by atoms with van der Waals surface area (Å²) in [4.78, 5) is 31.3. The van der Waals surface area contributed by atoms with E-state index in [1.54, 1.807) is 10.6 Å². The Kier molecular flexibility index (Phi) is 6.13. The molecule has 0 atom stereocenters. The quantitative estimate of drug-likeness (QED) is 0.367. The summed E-state index contributed by atoms with van der Waals surface area (Å²) >= 11 is 2.74. The summed E-state index contributed by atoms with van der Waals surface area (Å²) in [6.07, 6.45) is 2.62. The molecule has 0 saturated heterocycles. The Labute approximate surface area is 166 Å². The van der Waals surface area contributed by atoms with Crippen LogP contribution in [-0.4, -0.2) is 21.2 Å². The first kappa shape index (κ1) is 19.4. The zero-order chi connectivity index (χ0) is 19.4. The lowest BCUT2D eigenvalue weighted by atomic mass is 10.1. The first-order valence-electron chi connectivity index (χ1n) is 8.65. The molecule has 2 aromatic heterocycles. The molecule has 7 heteroatoms. The third-order valence-corrected chi connectivity index (χ3v) is 5.95. The van der Waals surface area contributed by atoms with E-state index < -0.39 is 0 Å². The third kappa shape index (κ3) is 4.48. The SMILES string of the molecule is C=CCn1c(SCC(=O)Nc2ccc(CC)cc2)nc2sc(C)cc2c1=O. The van der Waals surface area contributed by atoms with E-state index in [0.717, 1.165) is 17.0 Å². The van der Waals surface area contributed by atoms with Crippen LogP contribution in [0.2, 0.25) is 0 Å². The van der Waals surface area contributed by atoms with E-state index in [2.05, 4.69) is 23.8 Å². The van der Waals surface area contributed by atoms with Gasteiger partial charge < -0.3 is 5.32 Å². The predicted octanol–water partition coefficient (Wildman–Crippen LogP) is 4.25. The topological polar surface area (TPSA) is 64.0 Å². The second-order valence-electron chi connectivity index (χ2n) is 6.06. The van der Waals surface area contributed by atoms with Crippen LogP contribution in [0.3, 0.4) is 0 Å². The Hall–Kier alpha value is -2.38. The summed E-state index contributed by atoms with van der Waals surface area (Å²) in [6.45, 7) is 8.12. The molecule has 0 aliphatic rings. The van der Waals surface area contributed by atoms with Crippen molar-refractivity contribution < 1.29 is 4.79 Å². The van der Waals surface area contributed by atoms with Crippen molar-refractivity contribution >= 4 is 44.9 Å². The van der Waals surface area contributed by atoms with Gasteiger partial charge in [0, 0.05) is 17.1 Å². The van der Waals surface area contributed by atoms with Gasteiger partial charge in [-0.15, -0.1) is 17.9 Å². The lowest BCUT2D eigenvalue weighted by Gasteiger charge is -2.10. The molecule has 0 bridgehead atoms. The largest absolute Gasteiger partial charge is 0.325 e. The number of benzene rings is 1. The molecule has 27 heavy (non-hydrogen) atoms. The van der Waals surface area contributed by atoms with Gasteiger partial charge in [0.05, 0.1) is 11.1 Å². The molecule has 0 spiro atoms. The van der Waals surface area contributed by atoms with Crippen LogP contribution in [-0.2, 0) is 17.8 Å². The lowest BCUT2D eigenvalue weighted by molar-refractivity contribution is -0.113. The molecular formula is C20H21N3O2S2. The van der Waals surface area contributed by atoms with Gasteiger partial charge in [0.2, 0.25) is 5.91 Å². The average molecular weight is 400 g/mol. The Morgan fingerprint density at radius 3 is 2.78 bits per heavy atom. The molecule has 140 valence electrons. The van der Waals surface area contributed by atoms with Crippen LogP contribution in [0.1, 0.15) is 17.4 Å². The maximum Gasteiger partial charge on any atom is 0.263 e. The van der Waals surface area contributed by atoms with Crippen molar-refractivity contribution in [3.63, 3.8) is 0 Å². The monoisotopic (exact) mass is 399 g/mol. The Morgan fingerprint density at radius 1 is 1.37 bits per heavy atom. The van der Waals surface area contributed by atoms with Crippen LogP contribution < -0.4 is 10.9 Å². The van der Waals surface area contributed by atoms with E-state index in [0.29, 0.717) is 21.9 Å². The fraction of sp³-hybridized carbons (Fsp3) is 0.250. The number of allylic oxidation sites excluding steroid dienone is 1. The Balaban J connectivity index is 1.76. The fourth-order valence-corrected chi connectivity index (χ4v) is 4.40. The number of hydrogen-bond acceptors (Lipinski definition) is 5. The molecule has 0 radical (unpaired) electrons. The number of nitrogens with zero attached hydrogens (tertiary/aromatic N) is 2. The van der Waals surface area contributed by atoms with Crippen molar-refractivity contribution in [2.24, 2.45) is 0 Å². The maximum atomic E-state index is 12.7. The summed E-state index contributed by atoms with van der Waals surface area (Å²) < 4.78 is 1.56. The Bertz CT molecular complexity index is 1040. The number of hydrogen-bond donors (Lipinski definition) is 1. The number of nitrogens with one attached hydrogen (secondary N) is 1. The molecule has 2 heterocycles. The third-order valence-electron chi connectivity index (χ3n) is 4.03. The standard InChI is InChI=1S/C20H21N3O2S2/c1-4-10-23-19(25)16-11-13(3)27-18(16)22-20(23)26-12-17(24)21-15-8-6-14(5-2)7-9-15/h4,6-9,11H,1,5,10,12H2,2-3H3,(H,21,24). The van der Waals surface area contributed by atoms with Gasteiger partial charge in [-0.2, -0.15) is 0 Å². The minimum absolute atomic E-state index is 0.0951. The van der Waals surface area contributed by atoms with Gasteiger partial charge in [0.25, 0.3) is 5.56 Å². The smallest absolute Gasteiger partial charge is 0.263 e. The minimum atomic E-state index is -0.133. The fourth-order valence-electron chi connectivity index (χ4n) is 2.67. The number of carbonyl (C=O) groups is 1. The van der Waals surface area contributed by atoms with Gasteiger partial charge in [-0.05, 0) is 37.1 Å². The van der Waals surface area contributed by atoms with Crippen molar-refractivity contribution in [3.05, 3.63) is 63.8 Å². The average Bonchev–Trinajstić information content (AvgIpc) is 3.04. The maximum absolute atomic E-state index is 12.7. The van der Waals surface area contributed by atoms with E-state index in [4.69, 9.17) is 0 Å². The molecular weight excluding hydrogens is 378 g/mol. The molecule has 1 N–H and O–H groups in total. The number of amides is 1. The number of carbonyl (C=O) groups excluding carboxylic acids is 1. The van der Waals surface area contributed by atoms with E-state index in [-0.39, 0.29) is 17.2 Å². The zero-order valence-corrected chi connectivity index (χ0v) is 17.0. The van der Waals surface area contributed by atoms with Crippen LogP contribution in [0.15, 0.2) is 52.9 Å². The summed E-state index contributed by atoms with van der Waals surface area (Å²) in [6, 6.07) is 9.65. The van der Waals surface area contributed by atoms with Gasteiger partial charge in [0.15, 0.2) is 5.16 Å². The first-order valence-corrected chi connectivity index (χ1v) is 10.5. The van der Waals surface area contributed by atoms with Crippen LogP contribution in [0, 0.1) is 6.92 Å². The Morgan fingerprint density at radius 2 is 2.11 bits per heavy atom. The predicted molar refractivity (Wildman–Crippen MR) is 114 cm³/mol. The molecule has 3 rings (SSSR count). The second kappa shape index (κ2) is 8.54. The van der Waals surface area contributed by atoms with Crippen LogP contribution in [0.25, 0.3) is 10.2 Å². The summed E-state index contributed by atoms with van der Waals surface area (Å²) in [5.74, 6) is 0.0423. The van der Waals surface area contributed by atoms with E-state index in [9.17, 15) is 9.59 Å². The minimum Gasteiger partial charge on any atom is -0.325 e. The lowest BCUT2D eigenvalue weighted by Crippen LogP contribution is -2.23. The number of aromatic nitrogens is 2. The molecule has 1 amide bonds. The van der Waals surface area contributed by atoms with E-state index in [1.165, 1.54) is 28.7 Å².